The Morgan fingerprint density at radius 1 is 1.46 bits per heavy atom. The molecule has 3 heteroatoms. The van der Waals surface area contributed by atoms with Gasteiger partial charge in [0.25, 0.3) is 0 Å². The van der Waals surface area contributed by atoms with E-state index in [1.807, 2.05) is 6.92 Å². The smallest absolute Gasteiger partial charge is 0.311 e. The fourth-order valence-corrected chi connectivity index (χ4v) is 3.20. The van der Waals surface area contributed by atoms with Crippen LogP contribution in [0.5, 0.6) is 0 Å². The van der Waals surface area contributed by atoms with Crippen LogP contribution in [0.4, 0.5) is 0 Å². The lowest BCUT2D eigenvalue weighted by Gasteiger charge is -2.54. The first-order valence-corrected chi connectivity index (χ1v) is 5.00. The third-order valence-electron chi connectivity index (χ3n) is 4.17. The van der Waals surface area contributed by atoms with Crippen molar-refractivity contribution in [2.75, 3.05) is 0 Å². The summed E-state index contributed by atoms with van der Waals surface area (Å²) < 4.78 is 0. The lowest BCUT2D eigenvalue weighted by atomic mass is 9.52. The minimum Gasteiger partial charge on any atom is -0.481 e. The summed E-state index contributed by atoms with van der Waals surface area (Å²) in [5.74, 6) is -0.00752. The van der Waals surface area contributed by atoms with Crippen molar-refractivity contribution in [2.45, 2.75) is 44.6 Å². The summed E-state index contributed by atoms with van der Waals surface area (Å²) >= 11 is 0. The van der Waals surface area contributed by atoms with E-state index < -0.39 is 16.9 Å². The molecule has 3 fully saturated rings. The van der Waals surface area contributed by atoms with E-state index in [0.717, 1.165) is 32.1 Å². The minimum atomic E-state index is -0.685. The number of aliphatic carboxylic acids is 1. The lowest BCUT2D eigenvalue weighted by Crippen LogP contribution is -2.63. The summed E-state index contributed by atoms with van der Waals surface area (Å²) in [6, 6.07) is 0. The van der Waals surface area contributed by atoms with Crippen LogP contribution in [0.1, 0.15) is 39.0 Å². The average Bonchev–Trinajstić information content (AvgIpc) is 2.03. The SMILES string of the molecule is CC1(N)CC2CCC1(C(=O)O)CC2. The van der Waals surface area contributed by atoms with Gasteiger partial charge in [0.05, 0.1) is 5.41 Å². The van der Waals surface area contributed by atoms with Crippen LogP contribution in [0, 0.1) is 11.3 Å². The Morgan fingerprint density at radius 3 is 2.31 bits per heavy atom. The predicted octanol–water partition coefficient (Wildman–Crippen LogP) is 1.37. The number of carboxylic acids is 1. The number of hydrogen-bond donors (Lipinski definition) is 2. The molecule has 0 aromatic carbocycles. The van der Waals surface area contributed by atoms with Crippen LogP contribution in [0.3, 0.4) is 0 Å². The summed E-state index contributed by atoms with van der Waals surface area (Å²) in [6.45, 7) is 1.91. The first-order chi connectivity index (χ1) is 5.98. The Kier molecular flexibility index (Phi) is 1.71. The van der Waals surface area contributed by atoms with Crippen molar-refractivity contribution in [2.24, 2.45) is 17.1 Å². The molecule has 3 rings (SSSR count). The molecule has 0 spiro atoms. The van der Waals surface area contributed by atoms with Crippen molar-refractivity contribution in [3.8, 4) is 0 Å². The van der Waals surface area contributed by atoms with Gasteiger partial charge in [-0.1, -0.05) is 0 Å². The van der Waals surface area contributed by atoms with Gasteiger partial charge >= 0.3 is 5.97 Å². The Hall–Kier alpha value is -0.570. The van der Waals surface area contributed by atoms with Crippen molar-refractivity contribution < 1.29 is 9.90 Å². The molecule has 1 atom stereocenters. The van der Waals surface area contributed by atoms with Gasteiger partial charge < -0.3 is 10.8 Å². The first kappa shape index (κ1) is 9.00. The van der Waals surface area contributed by atoms with Gasteiger partial charge in [0.1, 0.15) is 0 Å². The molecular formula is C10H17NO2. The Labute approximate surface area is 78.3 Å². The Morgan fingerprint density at radius 2 is 2.00 bits per heavy atom. The maximum absolute atomic E-state index is 11.3. The fourth-order valence-electron chi connectivity index (χ4n) is 3.20. The molecule has 3 aliphatic rings. The molecule has 13 heavy (non-hydrogen) atoms. The zero-order valence-corrected chi connectivity index (χ0v) is 8.05. The van der Waals surface area contributed by atoms with E-state index >= 15 is 0 Å². The van der Waals surface area contributed by atoms with E-state index in [-0.39, 0.29) is 0 Å². The molecule has 0 aromatic rings. The molecule has 3 aliphatic carbocycles. The second-order valence-corrected chi connectivity index (χ2v) is 4.95. The van der Waals surface area contributed by atoms with E-state index in [9.17, 15) is 9.90 Å². The molecule has 74 valence electrons. The minimum absolute atomic E-state index is 0.486. The van der Waals surface area contributed by atoms with Crippen LogP contribution in [-0.4, -0.2) is 16.6 Å². The fraction of sp³-hybridized carbons (Fsp3) is 0.900. The third kappa shape index (κ3) is 1.03. The van der Waals surface area contributed by atoms with Gasteiger partial charge in [-0.2, -0.15) is 0 Å². The molecule has 0 heterocycles. The van der Waals surface area contributed by atoms with Crippen molar-refractivity contribution in [1.82, 2.24) is 0 Å². The average molecular weight is 183 g/mol. The Bertz CT molecular complexity index is 239. The normalized spacial score (nSPS) is 49.2. The van der Waals surface area contributed by atoms with Gasteiger partial charge in [-0.05, 0) is 44.9 Å². The molecule has 3 saturated carbocycles. The van der Waals surface area contributed by atoms with Crippen LogP contribution in [0.15, 0.2) is 0 Å². The highest BCUT2D eigenvalue weighted by Crippen LogP contribution is 2.54. The molecule has 0 radical (unpaired) electrons. The summed E-state index contributed by atoms with van der Waals surface area (Å²) in [5.41, 5.74) is 5.01. The highest BCUT2D eigenvalue weighted by molar-refractivity contribution is 5.77. The van der Waals surface area contributed by atoms with Crippen LogP contribution in [0.25, 0.3) is 0 Å². The van der Waals surface area contributed by atoms with Crippen LogP contribution < -0.4 is 5.73 Å². The van der Waals surface area contributed by atoms with Crippen molar-refractivity contribution in [3.05, 3.63) is 0 Å². The van der Waals surface area contributed by atoms with Gasteiger partial charge in [0.15, 0.2) is 0 Å². The summed E-state index contributed by atoms with van der Waals surface area (Å²) in [6.07, 6.45) is 4.55. The number of nitrogens with two attached hydrogens (primary N) is 1. The lowest BCUT2D eigenvalue weighted by molar-refractivity contribution is -0.162. The molecule has 0 saturated heterocycles. The van der Waals surface area contributed by atoms with Crippen molar-refractivity contribution in [3.63, 3.8) is 0 Å². The molecule has 0 aromatic heterocycles. The zero-order chi connectivity index (χ0) is 9.69. The largest absolute Gasteiger partial charge is 0.481 e. The topological polar surface area (TPSA) is 63.3 Å². The maximum atomic E-state index is 11.3. The van der Waals surface area contributed by atoms with Crippen molar-refractivity contribution >= 4 is 5.97 Å². The van der Waals surface area contributed by atoms with Crippen LogP contribution in [-0.2, 0) is 4.79 Å². The molecular weight excluding hydrogens is 166 g/mol. The van der Waals surface area contributed by atoms with E-state index in [1.165, 1.54) is 0 Å². The Balaban J connectivity index is 2.37. The zero-order valence-electron chi connectivity index (χ0n) is 8.05. The van der Waals surface area contributed by atoms with Gasteiger partial charge in [-0.3, -0.25) is 4.79 Å². The van der Waals surface area contributed by atoms with Crippen LogP contribution in [0.2, 0.25) is 0 Å². The van der Waals surface area contributed by atoms with E-state index in [0.29, 0.717) is 5.92 Å². The third-order valence-corrected chi connectivity index (χ3v) is 4.17. The first-order valence-electron chi connectivity index (χ1n) is 5.00. The number of fused-ring (bicyclic) bond motifs is 3. The molecule has 3 nitrogen and oxygen atoms in total. The monoisotopic (exact) mass is 183 g/mol. The number of carboxylic acid groups (broad SMARTS) is 1. The van der Waals surface area contributed by atoms with Crippen molar-refractivity contribution in [1.29, 1.82) is 0 Å². The van der Waals surface area contributed by atoms with Gasteiger partial charge in [0.2, 0.25) is 0 Å². The standard InChI is InChI=1S/C10H17NO2/c1-9(11)6-7-2-4-10(9,5-3-7)8(12)13/h7H,2-6,11H2,1H3,(H,12,13). The molecule has 1 unspecified atom stereocenters. The summed E-state index contributed by atoms with van der Waals surface area (Å²) in [5, 5.41) is 9.27. The van der Waals surface area contributed by atoms with E-state index in [1.54, 1.807) is 0 Å². The second kappa shape index (κ2) is 2.47. The van der Waals surface area contributed by atoms with Crippen LogP contribution >= 0.6 is 0 Å². The van der Waals surface area contributed by atoms with Gasteiger partial charge in [-0.25, -0.2) is 0 Å². The van der Waals surface area contributed by atoms with E-state index in [2.05, 4.69) is 0 Å². The maximum Gasteiger partial charge on any atom is 0.311 e. The molecule has 0 aliphatic heterocycles. The summed E-state index contributed by atoms with van der Waals surface area (Å²) in [7, 11) is 0. The number of rotatable bonds is 1. The van der Waals surface area contributed by atoms with Gasteiger partial charge in [-0.15, -0.1) is 0 Å². The van der Waals surface area contributed by atoms with Gasteiger partial charge in [0, 0.05) is 5.54 Å². The predicted molar refractivity (Wildman–Crippen MR) is 49.2 cm³/mol. The molecule has 2 bridgehead atoms. The summed E-state index contributed by atoms with van der Waals surface area (Å²) in [4.78, 5) is 11.3. The molecule has 3 N–H and O–H groups in total. The number of carbonyl (C=O) groups is 1. The second-order valence-electron chi connectivity index (χ2n) is 4.95. The highest BCUT2D eigenvalue weighted by Gasteiger charge is 2.57. The number of hydrogen-bond acceptors (Lipinski definition) is 2. The van der Waals surface area contributed by atoms with E-state index in [4.69, 9.17) is 5.73 Å². The quantitative estimate of drug-likeness (QED) is 0.645. The molecule has 0 amide bonds. The highest BCUT2D eigenvalue weighted by atomic mass is 16.4.